The highest BCUT2D eigenvalue weighted by Crippen LogP contribution is 2.18. The minimum atomic E-state index is 0.857. The number of fused-ring (bicyclic) bond motifs is 1. The molecule has 0 aliphatic heterocycles. The van der Waals surface area contributed by atoms with Gasteiger partial charge in [-0.2, -0.15) is 0 Å². The van der Waals surface area contributed by atoms with Crippen LogP contribution in [0.1, 0.15) is 11.1 Å². The summed E-state index contributed by atoms with van der Waals surface area (Å²) in [5.74, 6) is 1.87. The molecule has 0 amide bonds. The lowest BCUT2D eigenvalue weighted by molar-refractivity contribution is 0.414. The number of rotatable bonds is 7. The molecule has 1 heterocycles. The highest BCUT2D eigenvalue weighted by atomic mass is 32.2. The summed E-state index contributed by atoms with van der Waals surface area (Å²) < 4.78 is 6.04. The number of aromatic nitrogens is 1. The fourth-order valence-electron chi connectivity index (χ4n) is 2.74. The van der Waals surface area contributed by atoms with E-state index in [-0.39, 0.29) is 0 Å². The predicted molar refractivity (Wildman–Crippen MR) is 112 cm³/mol. The molecular formula is C20H22N2OS2. The van der Waals surface area contributed by atoms with Gasteiger partial charge in [-0.3, -0.25) is 0 Å². The molecule has 0 bridgehead atoms. The molecule has 5 heteroatoms. The molecule has 0 saturated heterocycles. The molecule has 0 aliphatic rings. The van der Waals surface area contributed by atoms with Gasteiger partial charge in [-0.1, -0.05) is 54.3 Å². The van der Waals surface area contributed by atoms with Crippen LogP contribution in [0.4, 0.5) is 0 Å². The van der Waals surface area contributed by atoms with Crippen molar-refractivity contribution in [1.29, 1.82) is 0 Å². The van der Waals surface area contributed by atoms with Gasteiger partial charge in [0.15, 0.2) is 0 Å². The van der Waals surface area contributed by atoms with Crippen LogP contribution in [0.3, 0.4) is 0 Å². The molecule has 3 nitrogen and oxygen atoms in total. The SMILES string of the molecule is COc1ccc(CCSC(=S)NCCc2c[nH]c3ccccc23)cc1. The molecule has 0 fully saturated rings. The lowest BCUT2D eigenvalue weighted by Gasteiger charge is -2.08. The molecule has 2 aromatic carbocycles. The van der Waals surface area contributed by atoms with Crippen molar-refractivity contribution in [2.75, 3.05) is 19.4 Å². The Labute approximate surface area is 158 Å². The van der Waals surface area contributed by atoms with Crippen LogP contribution in [-0.4, -0.2) is 28.7 Å². The first-order valence-corrected chi connectivity index (χ1v) is 9.74. The van der Waals surface area contributed by atoms with Crippen LogP contribution in [0.15, 0.2) is 54.7 Å². The highest BCUT2D eigenvalue weighted by molar-refractivity contribution is 8.22. The van der Waals surface area contributed by atoms with Crippen LogP contribution >= 0.6 is 24.0 Å². The predicted octanol–water partition coefficient (Wildman–Crippen LogP) is 4.57. The van der Waals surface area contributed by atoms with Crippen LogP contribution < -0.4 is 10.1 Å². The summed E-state index contributed by atoms with van der Waals surface area (Å²) in [6.45, 7) is 0.857. The monoisotopic (exact) mass is 370 g/mol. The normalized spacial score (nSPS) is 10.8. The second-order valence-corrected chi connectivity index (χ2v) is 7.54. The maximum Gasteiger partial charge on any atom is 0.133 e. The van der Waals surface area contributed by atoms with Gasteiger partial charge in [-0.05, 0) is 42.2 Å². The molecule has 2 N–H and O–H groups in total. The lowest BCUT2D eigenvalue weighted by atomic mass is 10.1. The Morgan fingerprint density at radius 3 is 2.72 bits per heavy atom. The van der Waals surface area contributed by atoms with Crippen LogP contribution in [-0.2, 0) is 12.8 Å². The van der Waals surface area contributed by atoms with Gasteiger partial charge in [-0.15, -0.1) is 0 Å². The van der Waals surface area contributed by atoms with Gasteiger partial charge in [0.1, 0.15) is 10.1 Å². The van der Waals surface area contributed by atoms with Gasteiger partial charge in [0, 0.05) is 29.4 Å². The van der Waals surface area contributed by atoms with E-state index in [1.54, 1.807) is 18.9 Å². The number of para-hydroxylation sites is 1. The van der Waals surface area contributed by atoms with E-state index in [1.807, 2.05) is 12.1 Å². The molecular weight excluding hydrogens is 348 g/mol. The fraction of sp³-hybridized carbons (Fsp3) is 0.250. The van der Waals surface area contributed by atoms with E-state index in [0.717, 1.165) is 35.2 Å². The molecule has 0 radical (unpaired) electrons. The van der Waals surface area contributed by atoms with Crippen molar-refractivity contribution < 1.29 is 4.74 Å². The maximum absolute atomic E-state index is 5.42. The van der Waals surface area contributed by atoms with Crippen LogP contribution in [0.5, 0.6) is 5.75 Å². The van der Waals surface area contributed by atoms with Gasteiger partial charge in [0.25, 0.3) is 0 Å². The van der Waals surface area contributed by atoms with Gasteiger partial charge in [0.05, 0.1) is 7.11 Å². The smallest absolute Gasteiger partial charge is 0.133 e. The second kappa shape index (κ2) is 8.92. The summed E-state index contributed by atoms with van der Waals surface area (Å²) in [4.78, 5) is 3.31. The molecule has 25 heavy (non-hydrogen) atoms. The number of thiocarbonyl (C=S) groups is 1. The summed E-state index contributed by atoms with van der Waals surface area (Å²) in [5, 5.41) is 4.64. The highest BCUT2D eigenvalue weighted by Gasteiger charge is 2.04. The molecule has 130 valence electrons. The van der Waals surface area contributed by atoms with Gasteiger partial charge < -0.3 is 15.0 Å². The summed E-state index contributed by atoms with van der Waals surface area (Å²) in [7, 11) is 1.69. The number of H-pyrrole nitrogens is 1. The number of hydrogen-bond acceptors (Lipinski definition) is 3. The number of aryl methyl sites for hydroxylation is 1. The van der Waals surface area contributed by atoms with Crippen molar-refractivity contribution in [3.63, 3.8) is 0 Å². The van der Waals surface area contributed by atoms with E-state index in [1.165, 1.54) is 22.0 Å². The number of thioether (sulfide) groups is 1. The van der Waals surface area contributed by atoms with Crippen LogP contribution in [0.2, 0.25) is 0 Å². The standard InChI is InChI=1S/C20H22N2OS2/c1-23-17-8-6-15(7-9-17)11-13-25-20(24)21-12-10-16-14-22-19-5-3-2-4-18(16)19/h2-9,14,22H,10-13H2,1H3,(H,21,24). The Hall–Kier alpha value is -1.98. The summed E-state index contributed by atoms with van der Waals surface area (Å²) >= 11 is 7.13. The van der Waals surface area contributed by atoms with E-state index in [2.05, 4.69) is 52.9 Å². The number of benzene rings is 2. The van der Waals surface area contributed by atoms with Gasteiger partial charge in [0.2, 0.25) is 0 Å². The summed E-state index contributed by atoms with van der Waals surface area (Å²) in [6.07, 6.45) is 4.05. The quantitative estimate of drug-likeness (QED) is 0.598. The van der Waals surface area contributed by atoms with Gasteiger partial charge >= 0.3 is 0 Å². The summed E-state index contributed by atoms with van der Waals surface area (Å²) in [6, 6.07) is 16.6. The van der Waals surface area contributed by atoms with E-state index < -0.39 is 0 Å². The zero-order chi connectivity index (χ0) is 17.5. The van der Waals surface area contributed by atoms with Crippen molar-refractivity contribution in [1.82, 2.24) is 10.3 Å². The van der Waals surface area contributed by atoms with E-state index in [4.69, 9.17) is 17.0 Å². The molecule has 0 spiro atoms. The molecule has 0 aliphatic carbocycles. The third kappa shape index (κ3) is 5.00. The zero-order valence-electron chi connectivity index (χ0n) is 14.2. The number of ether oxygens (including phenoxy) is 1. The topological polar surface area (TPSA) is 37.0 Å². The Morgan fingerprint density at radius 1 is 1.12 bits per heavy atom. The zero-order valence-corrected chi connectivity index (χ0v) is 15.9. The average molecular weight is 371 g/mol. The number of hydrogen-bond donors (Lipinski definition) is 2. The molecule has 0 saturated carbocycles. The summed E-state index contributed by atoms with van der Waals surface area (Å²) in [5.41, 5.74) is 3.82. The minimum absolute atomic E-state index is 0.857. The van der Waals surface area contributed by atoms with Crippen molar-refractivity contribution in [2.45, 2.75) is 12.8 Å². The van der Waals surface area contributed by atoms with Crippen LogP contribution in [0.25, 0.3) is 10.9 Å². The number of nitrogens with one attached hydrogen (secondary N) is 2. The minimum Gasteiger partial charge on any atom is -0.497 e. The van der Waals surface area contributed by atoms with Gasteiger partial charge in [-0.25, -0.2) is 0 Å². The first-order valence-electron chi connectivity index (χ1n) is 8.35. The van der Waals surface area contributed by atoms with E-state index >= 15 is 0 Å². The largest absolute Gasteiger partial charge is 0.497 e. The Morgan fingerprint density at radius 2 is 1.92 bits per heavy atom. The van der Waals surface area contributed by atoms with Crippen molar-refractivity contribution in [3.05, 3.63) is 65.9 Å². The molecule has 3 rings (SSSR count). The lowest BCUT2D eigenvalue weighted by Crippen LogP contribution is -2.21. The first-order chi connectivity index (χ1) is 12.3. The molecule has 1 aromatic heterocycles. The van der Waals surface area contributed by atoms with E-state index in [0.29, 0.717) is 0 Å². The third-order valence-electron chi connectivity index (χ3n) is 4.12. The second-order valence-electron chi connectivity index (χ2n) is 5.77. The fourth-order valence-corrected chi connectivity index (χ4v) is 3.82. The maximum atomic E-state index is 5.42. The Bertz CT molecular complexity index is 827. The van der Waals surface area contributed by atoms with Crippen LogP contribution in [0, 0.1) is 0 Å². The van der Waals surface area contributed by atoms with Crippen molar-refractivity contribution in [3.8, 4) is 5.75 Å². The number of aromatic amines is 1. The number of methoxy groups -OCH3 is 1. The Kier molecular flexibility index (Phi) is 6.36. The molecule has 0 unspecified atom stereocenters. The third-order valence-corrected chi connectivity index (χ3v) is 5.43. The molecule has 3 aromatic rings. The average Bonchev–Trinajstić information content (AvgIpc) is 3.06. The molecule has 0 atom stereocenters. The Balaban J connectivity index is 1.38. The van der Waals surface area contributed by atoms with Crippen molar-refractivity contribution >= 4 is 39.2 Å². The first kappa shape index (κ1) is 17.8. The van der Waals surface area contributed by atoms with Crippen molar-refractivity contribution in [2.24, 2.45) is 0 Å². The van der Waals surface area contributed by atoms with E-state index in [9.17, 15) is 0 Å².